The maximum atomic E-state index is 12.7. The van der Waals surface area contributed by atoms with Crippen LogP contribution in [0.15, 0.2) is 0 Å². The van der Waals surface area contributed by atoms with Gasteiger partial charge in [-0.3, -0.25) is 4.79 Å². The first-order chi connectivity index (χ1) is 8.28. The highest BCUT2D eigenvalue weighted by Gasteiger charge is 2.43. The zero-order valence-electron chi connectivity index (χ0n) is 10.9. The SMILES string of the molecule is CCOC1(C(=O)C2CCCCC2)CCOCC1. The molecule has 2 rings (SSSR count). The fourth-order valence-electron chi connectivity index (χ4n) is 3.18. The third-order valence-corrected chi connectivity index (χ3v) is 4.15. The molecular weight excluding hydrogens is 216 g/mol. The number of rotatable bonds is 4. The van der Waals surface area contributed by atoms with Crippen LogP contribution in [-0.4, -0.2) is 31.2 Å². The van der Waals surface area contributed by atoms with Gasteiger partial charge in [-0.25, -0.2) is 0 Å². The largest absolute Gasteiger partial charge is 0.381 e. The van der Waals surface area contributed by atoms with Gasteiger partial charge in [-0.15, -0.1) is 0 Å². The maximum Gasteiger partial charge on any atom is 0.167 e. The van der Waals surface area contributed by atoms with E-state index in [9.17, 15) is 4.79 Å². The van der Waals surface area contributed by atoms with E-state index in [0.717, 1.165) is 25.7 Å². The van der Waals surface area contributed by atoms with Crippen LogP contribution in [0.3, 0.4) is 0 Å². The van der Waals surface area contributed by atoms with Crippen LogP contribution in [-0.2, 0) is 14.3 Å². The van der Waals surface area contributed by atoms with Gasteiger partial charge in [0.15, 0.2) is 5.78 Å². The first-order valence-electron chi connectivity index (χ1n) is 7.04. The van der Waals surface area contributed by atoms with Crippen molar-refractivity contribution in [2.75, 3.05) is 19.8 Å². The topological polar surface area (TPSA) is 35.5 Å². The number of carbonyl (C=O) groups is 1. The number of ketones is 1. The maximum absolute atomic E-state index is 12.7. The zero-order chi connectivity index (χ0) is 12.1. The molecule has 98 valence electrons. The Kier molecular flexibility index (Phi) is 4.57. The first-order valence-corrected chi connectivity index (χ1v) is 7.04. The summed E-state index contributed by atoms with van der Waals surface area (Å²) < 4.78 is 11.2. The summed E-state index contributed by atoms with van der Waals surface area (Å²) in [6, 6.07) is 0. The Morgan fingerprint density at radius 2 is 1.88 bits per heavy atom. The van der Waals surface area contributed by atoms with Crippen molar-refractivity contribution < 1.29 is 14.3 Å². The van der Waals surface area contributed by atoms with Crippen molar-refractivity contribution in [2.45, 2.75) is 57.5 Å². The molecule has 0 aromatic heterocycles. The molecule has 0 bridgehead atoms. The molecule has 0 amide bonds. The van der Waals surface area contributed by atoms with E-state index < -0.39 is 5.60 Å². The number of carbonyl (C=O) groups excluding carboxylic acids is 1. The Bertz CT molecular complexity index is 245. The van der Waals surface area contributed by atoms with E-state index in [-0.39, 0.29) is 5.92 Å². The monoisotopic (exact) mass is 240 g/mol. The Balaban J connectivity index is 2.05. The lowest BCUT2D eigenvalue weighted by atomic mass is 9.76. The van der Waals surface area contributed by atoms with Crippen LogP contribution in [0, 0.1) is 5.92 Å². The van der Waals surface area contributed by atoms with E-state index in [1.807, 2.05) is 6.92 Å². The molecule has 0 atom stereocenters. The average molecular weight is 240 g/mol. The first kappa shape index (κ1) is 13.0. The average Bonchev–Trinajstić information content (AvgIpc) is 2.40. The molecular formula is C14H24O3. The van der Waals surface area contributed by atoms with Crippen LogP contribution in [0.5, 0.6) is 0 Å². The van der Waals surface area contributed by atoms with Gasteiger partial charge in [-0.05, 0) is 19.8 Å². The highest BCUT2D eigenvalue weighted by Crippen LogP contribution is 2.34. The molecule has 0 unspecified atom stereocenters. The summed E-state index contributed by atoms with van der Waals surface area (Å²) in [5.41, 5.74) is -0.519. The molecule has 1 aliphatic carbocycles. The second-order valence-corrected chi connectivity index (χ2v) is 5.24. The van der Waals surface area contributed by atoms with Crippen LogP contribution in [0.25, 0.3) is 0 Å². The van der Waals surface area contributed by atoms with Crippen molar-refractivity contribution in [3.05, 3.63) is 0 Å². The van der Waals surface area contributed by atoms with Gasteiger partial charge in [0.25, 0.3) is 0 Å². The van der Waals surface area contributed by atoms with Crippen LogP contribution in [0.2, 0.25) is 0 Å². The molecule has 0 aromatic carbocycles. The van der Waals surface area contributed by atoms with Gasteiger partial charge in [0.2, 0.25) is 0 Å². The molecule has 1 aliphatic heterocycles. The molecule has 0 aromatic rings. The molecule has 1 saturated carbocycles. The lowest BCUT2D eigenvalue weighted by Gasteiger charge is -2.38. The molecule has 0 spiro atoms. The van der Waals surface area contributed by atoms with Crippen molar-refractivity contribution in [2.24, 2.45) is 5.92 Å². The van der Waals surface area contributed by atoms with Gasteiger partial charge >= 0.3 is 0 Å². The third-order valence-electron chi connectivity index (χ3n) is 4.15. The van der Waals surface area contributed by atoms with Crippen molar-refractivity contribution in [3.8, 4) is 0 Å². The molecule has 17 heavy (non-hydrogen) atoms. The molecule has 3 nitrogen and oxygen atoms in total. The summed E-state index contributed by atoms with van der Waals surface area (Å²) in [7, 11) is 0. The fraction of sp³-hybridized carbons (Fsp3) is 0.929. The number of hydrogen-bond acceptors (Lipinski definition) is 3. The molecule has 2 aliphatic rings. The second-order valence-electron chi connectivity index (χ2n) is 5.24. The standard InChI is InChI=1S/C14H24O3/c1-2-17-14(8-10-16-11-9-14)13(15)12-6-4-3-5-7-12/h12H,2-11H2,1H3. The second kappa shape index (κ2) is 5.96. The Morgan fingerprint density at radius 3 is 2.47 bits per heavy atom. The van der Waals surface area contributed by atoms with Gasteiger partial charge in [0, 0.05) is 38.6 Å². The van der Waals surface area contributed by atoms with E-state index in [4.69, 9.17) is 9.47 Å². The van der Waals surface area contributed by atoms with Gasteiger partial charge in [0.05, 0.1) is 0 Å². The fourth-order valence-corrected chi connectivity index (χ4v) is 3.18. The van der Waals surface area contributed by atoms with E-state index in [1.165, 1.54) is 19.3 Å². The highest BCUT2D eigenvalue weighted by atomic mass is 16.5. The lowest BCUT2D eigenvalue weighted by Crippen LogP contribution is -2.49. The molecule has 1 saturated heterocycles. The molecule has 0 radical (unpaired) electrons. The van der Waals surface area contributed by atoms with E-state index in [1.54, 1.807) is 0 Å². The summed E-state index contributed by atoms with van der Waals surface area (Å²) in [6.45, 7) is 3.93. The van der Waals surface area contributed by atoms with E-state index in [0.29, 0.717) is 25.6 Å². The minimum absolute atomic E-state index is 0.244. The highest BCUT2D eigenvalue weighted by molar-refractivity contribution is 5.89. The normalized spacial score (nSPS) is 25.7. The van der Waals surface area contributed by atoms with Crippen LogP contribution >= 0.6 is 0 Å². The summed E-state index contributed by atoms with van der Waals surface area (Å²) in [6.07, 6.45) is 7.31. The Hall–Kier alpha value is -0.410. The summed E-state index contributed by atoms with van der Waals surface area (Å²) >= 11 is 0. The van der Waals surface area contributed by atoms with Crippen LogP contribution in [0.4, 0.5) is 0 Å². The minimum atomic E-state index is -0.519. The van der Waals surface area contributed by atoms with Crippen molar-refractivity contribution >= 4 is 5.78 Å². The van der Waals surface area contributed by atoms with Crippen LogP contribution in [0.1, 0.15) is 51.9 Å². The van der Waals surface area contributed by atoms with Gasteiger partial charge in [0.1, 0.15) is 5.60 Å². The summed E-state index contributed by atoms with van der Waals surface area (Å²) in [5, 5.41) is 0. The third kappa shape index (κ3) is 2.89. The van der Waals surface area contributed by atoms with Crippen molar-refractivity contribution in [3.63, 3.8) is 0 Å². The van der Waals surface area contributed by atoms with E-state index in [2.05, 4.69) is 0 Å². The summed E-state index contributed by atoms with van der Waals surface area (Å²) in [5.74, 6) is 0.607. The Labute approximate surface area is 104 Å². The Morgan fingerprint density at radius 1 is 1.24 bits per heavy atom. The van der Waals surface area contributed by atoms with Gasteiger partial charge in [-0.1, -0.05) is 19.3 Å². The molecule has 0 N–H and O–H groups in total. The summed E-state index contributed by atoms with van der Waals surface area (Å²) in [4.78, 5) is 12.7. The van der Waals surface area contributed by atoms with Crippen LogP contribution < -0.4 is 0 Å². The molecule has 1 heterocycles. The zero-order valence-corrected chi connectivity index (χ0v) is 10.9. The lowest BCUT2D eigenvalue weighted by molar-refractivity contribution is -0.162. The molecule has 3 heteroatoms. The minimum Gasteiger partial charge on any atom is -0.381 e. The number of hydrogen-bond donors (Lipinski definition) is 0. The predicted octanol–water partition coefficient (Wildman–Crippen LogP) is 2.72. The quantitative estimate of drug-likeness (QED) is 0.758. The van der Waals surface area contributed by atoms with E-state index >= 15 is 0 Å². The number of ether oxygens (including phenoxy) is 2. The van der Waals surface area contributed by atoms with Gasteiger partial charge < -0.3 is 9.47 Å². The molecule has 2 fully saturated rings. The number of Topliss-reactive ketones (excluding diaryl/α,β-unsaturated/α-hetero) is 1. The van der Waals surface area contributed by atoms with Crippen molar-refractivity contribution in [1.29, 1.82) is 0 Å². The smallest absolute Gasteiger partial charge is 0.167 e. The predicted molar refractivity (Wildman–Crippen MR) is 66.0 cm³/mol. The van der Waals surface area contributed by atoms with Crippen molar-refractivity contribution in [1.82, 2.24) is 0 Å². The van der Waals surface area contributed by atoms with Gasteiger partial charge in [-0.2, -0.15) is 0 Å².